The Morgan fingerprint density at radius 1 is 1.07 bits per heavy atom. The molecule has 0 aliphatic heterocycles. The minimum absolute atomic E-state index is 0.298. The number of hydrogen-bond donors (Lipinski definition) is 2. The summed E-state index contributed by atoms with van der Waals surface area (Å²) in [4.78, 5) is 16.7. The van der Waals surface area contributed by atoms with Gasteiger partial charge in [0.15, 0.2) is 0 Å². The minimum Gasteiger partial charge on any atom is -0.363 e. The summed E-state index contributed by atoms with van der Waals surface area (Å²) in [5.74, 6) is 1.65. The monoisotopic (exact) mass is 355 g/mol. The molecule has 1 atom stereocenters. The average molecular weight is 355 g/mol. The third-order valence-electron chi connectivity index (χ3n) is 5.25. The lowest BCUT2D eigenvalue weighted by atomic mass is 9.88. The number of fused-ring (bicyclic) bond motifs is 2. The molecule has 1 unspecified atom stereocenters. The van der Waals surface area contributed by atoms with E-state index < -0.39 is 0 Å². The molecule has 0 bridgehead atoms. The van der Waals surface area contributed by atoms with Crippen molar-refractivity contribution >= 4 is 16.9 Å². The van der Waals surface area contributed by atoms with Gasteiger partial charge in [-0.3, -0.25) is 0 Å². The number of aromatic amines is 1. The van der Waals surface area contributed by atoms with E-state index in [1.165, 1.54) is 17.5 Å². The van der Waals surface area contributed by atoms with Crippen molar-refractivity contribution in [2.75, 3.05) is 5.32 Å². The second-order valence-corrected chi connectivity index (χ2v) is 7.11. The Kier molecular flexibility index (Phi) is 3.85. The molecule has 1 aliphatic carbocycles. The van der Waals surface area contributed by atoms with Crippen molar-refractivity contribution < 1.29 is 0 Å². The van der Waals surface area contributed by atoms with E-state index in [4.69, 9.17) is 0 Å². The molecule has 1 aliphatic rings. The van der Waals surface area contributed by atoms with Gasteiger partial charge in [-0.1, -0.05) is 30.3 Å². The summed E-state index contributed by atoms with van der Waals surface area (Å²) in [6, 6.07) is 17.2. The maximum atomic E-state index is 4.65. The summed E-state index contributed by atoms with van der Waals surface area (Å²) in [6.45, 7) is 1.94. The fraction of sp³-hybridized carbons (Fsp3) is 0.227. The van der Waals surface area contributed by atoms with E-state index in [9.17, 15) is 0 Å². The van der Waals surface area contributed by atoms with Gasteiger partial charge in [0, 0.05) is 11.6 Å². The van der Waals surface area contributed by atoms with Crippen LogP contribution in [0.25, 0.3) is 22.3 Å². The Labute approximate surface area is 157 Å². The molecule has 0 radical (unpaired) electrons. The lowest BCUT2D eigenvalue weighted by Crippen LogP contribution is -2.18. The highest BCUT2D eigenvalue weighted by molar-refractivity contribution is 5.81. The van der Waals surface area contributed by atoms with Crippen molar-refractivity contribution in [2.45, 2.75) is 32.2 Å². The number of aryl methyl sites for hydroxylation is 2. The maximum Gasteiger partial charge on any atom is 0.130 e. The van der Waals surface area contributed by atoms with Gasteiger partial charge in [0.25, 0.3) is 0 Å². The molecule has 0 saturated heterocycles. The van der Waals surface area contributed by atoms with Crippen LogP contribution in [0.15, 0.2) is 54.9 Å². The molecule has 5 heteroatoms. The standard InChI is InChI=1S/C22H21N5/c1-14-25-20(16-9-10-19-21(11-16)24-13-23-19)12-22(26-14)27-18-8-4-6-15-5-2-3-7-17(15)18/h2-3,5,7,9-13,18H,4,6,8H2,1H3,(H,23,24)(H,25,26,27). The number of imidazole rings is 1. The van der Waals surface area contributed by atoms with Crippen LogP contribution in [-0.2, 0) is 6.42 Å². The van der Waals surface area contributed by atoms with Gasteiger partial charge in [-0.15, -0.1) is 0 Å². The zero-order chi connectivity index (χ0) is 18.2. The molecule has 2 heterocycles. The van der Waals surface area contributed by atoms with E-state index in [0.717, 1.165) is 46.8 Å². The summed E-state index contributed by atoms with van der Waals surface area (Å²) in [6.07, 6.45) is 5.19. The summed E-state index contributed by atoms with van der Waals surface area (Å²) in [5, 5.41) is 3.65. The molecular formula is C22H21N5. The van der Waals surface area contributed by atoms with E-state index in [1.54, 1.807) is 6.33 Å². The zero-order valence-corrected chi connectivity index (χ0v) is 15.2. The molecular weight excluding hydrogens is 334 g/mol. The quantitative estimate of drug-likeness (QED) is 0.553. The Morgan fingerprint density at radius 2 is 2.00 bits per heavy atom. The Bertz CT molecular complexity index is 1110. The molecule has 0 amide bonds. The molecule has 5 nitrogen and oxygen atoms in total. The molecule has 0 fully saturated rings. The van der Waals surface area contributed by atoms with Crippen molar-refractivity contribution in [1.29, 1.82) is 0 Å². The highest BCUT2D eigenvalue weighted by atomic mass is 15.0. The molecule has 2 aromatic carbocycles. The van der Waals surface area contributed by atoms with Gasteiger partial charge in [0.1, 0.15) is 11.6 Å². The first kappa shape index (κ1) is 16.0. The highest BCUT2D eigenvalue weighted by Crippen LogP contribution is 2.32. The van der Waals surface area contributed by atoms with Crippen molar-refractivity contribution in [3.63, 3.8) is 0 Å². The highest BCUT2D eigenvalue weighted by Gasteiger charge is 2.20. The maximum absolute atomic E-state index is 4.65. The molecule has 27 heavy (non-hydrogen) atoms. The lowest BCUT2D eigenvalue weighted by molar-refractivity contribution is 0.598. The first-order valence-electron chi connectivity index (χ1n) is 9.40. The SMILES string of the molecule is Cc1nc(NC2CCCc3ccccc32)cc(-c2ccc3nc[nH]c3c2)n1. The zero-order valence-electron chi connectivity index (χ0n) is 15.2. The Balaban J connectivity index is 1.49. The molecule has 0 saturated carbocycles. The molecule has 4 aromatic rings. The van der Waals surface area contributed by atoms with Crippen LogP contribution in [0.1, 0.15) is 35.8 Å². The first-order valence-corrected chi connectivity index (χ1v) is 9.40. The fourth-order valence-corrected chi connectivity index (χ4v) is 3.97. The van der Waals surface area contributed by atoms with Gasteiger partial charge in [0.05, 0.1) is 29.1 Å². The van der Waals surface area contributed by atoms with E-state index in [2.05, 4.69) is 61.7 Å². The van der Waals surface area contributed by atoms with Crippen molar-refractivity contribution in [3.05, 3.63) is 71.8 Å². The van der Waals surface area contributed by atoms with Crippen LogP contribution in [0.3, 0.4) is 0 Å². The number of H-pyrrole nitrogens is 1. The van der Waals surface area contributed by atoms with Crippen LogP contribution < -0.4 is 5.32 Å². The van der Waals surface area contributed by atoms with Gasteiger partial charge in [-0.2, -0.15) is 0 Å². The number of hydrogen-bond acceptors (Lipinski definition) is 4. The third-order valence-corrected chi connectivity index (χ3v) is 5.25. The van der Waals surface area contributed by atoms with Crippen LogP contribution in [0.4, 0.5) is 5.82 Å². The van der Waals surface area contributed by atoms with E-state index in [1.807, 2.05) is 19.1 Å². The average Bonchev–Trinajstić information content (AvgIpc) is 3.16. The van der Waals surface area contributed by atoms with Crippen LogP contribution in [0.2, 0.25) is 0 Å². The Hall–Kier alpha value is -3.21. The second-order valence-electron chi connectivity index (χ2n) is 7.11. The number of nitrogens with zero attached hydrogens (tertiary/aromatic N) is 3. The normalized spacial score (nSPS) is 16.3. The van der Waals surface area contributed by atoms with Gasteiger partial charge < -0.3 is 10.3 Å². The van der Waals surface area contributed by atoms with E-state index in [-0.39, 0.29) is 0 Å². The van der Waals surface area contributed by atoms with Crippen LogP contribution in [-0.4, -0.2) is 19.9 Å². The molecule has 2 N–H and O–H groups in total. The second kappa shape index (κ2) is 6.50. The third kappa shape index (κ3) is 3.05. The number of aromatic nitrogens is 4. The van der Waals surface area contributed by atoms with Crippen molar-refractivity contribution in [2.24, 2.45) is 0 Å². The van der Waals surface area contributed by atoms with E-state index >= 15 is 0 Å². The predicted octanol–water partition coefficient (Wildman–Crippen LogP) is 4.82. The van der Waals surface area contributed by atoms with Gasteiger partial charge in [0.2, 0.25) is 0 Å². The van der Waals surface area contributed by atoms with E-state index in [0.29, 0.717) is 6.04 Å². The lowest BCUT2D eigenvalue weighted by Gasteiger charge is -2.27. The predicted molar refractivity (Wildman–Crippen MR) is 108 cm³/mol. The summed E-state index contributed by atoms with van der Waals surface area (Å²) in [7, 11) is 0. The minimum atomic E-state index is 0.298. The van der Waals surface area contributed by atoms with Gasteiger partial charge >= 0.3 is 0 Å². The smallest absolute Gasteiger partial charge is 0.130 e. The van der Waals surface area contributed by atoms with Crippen molar-refractivity contribution in [1.82, 2.24) is 19.9 Å². The van der Waals surface area contributed by atoms with Gasteiger partial charge in [-0.05, 0) is 49.4 Å². The largest absolute Gasteiger partial charge is 0.363 e. The summed E-state index contributed by atoms with van der Waals surface area (Å²) >= 11 is 0. The van der Waals surface area contributed by atoms with Crippen LogP contribution in [0, 0.1) is 6.92 Å². The number of nitrogens with one attached hydrogen (secondary N) is 2. The molecule has 0 spiro atoms. The number of rotatable bonds is 3. The molecule has 134 valence electrons. The molecule has 5 rings (SSSR count). The van der Waals surface area contributed by atoms with Gasteiger partial charge in [-0.25, -0.2) is 15.0 Å². The van der Waals surface area contributed by atoms with Crippen LogP contribution >= 0.6 is 0 Å². The fourth-order valence-electron chi connectivity index (χ4n) is 3.97. The number of benzene rings is 2. The van der Waals surface area contributed by atoms with Crippen molar-refractivity contribution in [3.8, 4) is 11.3 Å². The topological polar surface area (TPSA) is 66.5 Å². The first-order chi connectivity index (χ1) is 13.3. The Morgan fingerprint density at radius 3 is 2.96 bits per heavy atom. The summed E-state index contributed by atoms with van der Waals surface area (Å²) in [5.41, 5.74) is 6.79. The molecule has 2 aromatic heterocycles. The number of anilines is 1. The summed E-state index contributed by atoms with van der Waals surface area (Å²) < 4.78 is 0. The van der Waals surface area contributed by atoms with Crippen LogP contribution in [0.5, 0.6) is 0 Å².